The monoisotopic (exact) mass is 574 g/mol. The maximum Gasteiger partial charge on any atom is 0.191 e. The Labute approximate surface area is 198 Å². The van der Waals surface area contributed by atoms with Gasteiger partial charge in [0.2, 0.25) is 0 Å². The largest absolute Gasteiger partial charge is 0.496 e. The van der Waals surface area contributed by atoms with E-state index in [1.54, 1.807) is 21.3 Å². The van der Waals surface area contributed by atoms with Crippen molar-refractivity contribution in [1.82, 2.24) is 10.6 Å². The summed E-state index contributed by atoms with van der Waals surface area (Å²) in [5.74, 6) is 2.55. The Morgan fingerprint density at radius 3 is 2.66 bits per heavy atom. The van der Waals surface area contributed by atoms with Crippen LogP contribution in [0.25, 0.3) is 0 Å². The van der Waals surface area contributed by atoms with E-state index in [4.69, 9.17) is 9.47 Å². The van der Waals surface area contributed by atoms with Gasteiger partial charge in [-0.25, -0.2) is 0 Å². The molecule has 3 rings (SSSR count). The normalized spacial score (nSPS) is 16.2. The molecule has 29 heavy (non-hydrogen) atoms. The second-order valence-corrected chi connectivity index (χ2v) is 7.55. The van der Waals surface area contributed by atoms with Gasteiger partial charge in [0.1, 0.15) is 11.5 Å². The highest BCUT2D eigenvalue weighted by molar-refractivity contribution is 14.0. The second kappa shape index (κ2) is 11.5. The van der Waals surface area contributed by atoms with Crippen molar-refractivity contribution < 1.29 is 9.47 Å². The predicted molar refractivity (Wildman–Crippen MR) is 133 cm³/mol. The first-order valence-corrected chi connectivity index (χ1v) is 10.1. The molecule has 0 saturated carbocycles. The molecule has 1 saturated heterocycles. The summed E-state index contributed by atoms with van der Waals surface area (Å²) >= 11 is 3.52. The third-order valence-corrected chi connectivity index (χ3v) is 5.36. The van der Waals surface area contributed by atoms with E-state index in [1.165, 1.54) is 0 Å². The SMILES string of the molecule is CN=C(NCc1cc(Br)ccc1OC)NC1CCN(c2ccccc2OC)C1.I. The van der Waals surface area contributed by atoms with Gasteiger partial charge in [0.25, 0.3) is 0 Å². The topological polar surface area (TPSA) is 58.1 Å². The number of methoxy groups -OCH3 is 2. The lowest BCUT2D eigenvalue weighted by Crippen LogP contribution is -2.44. The smallest absolute Gasteiger partial charge is 0.191 e. The van der Waals surface area contributed by atoms with Crippen LogP contribution in [0.15, 0.2) is 51.9 Å². The molecule has 0 bridgehead atoms. The molecular weight excluding hydrogens is 547 g/mol. The van der Waals surface area contributed by atoms with E-state index >= 15 is 0 Å². The molecular formula is C21H28BrIN4O2. The van der Waals surface area contributed by atoms with Crippen molar-refractivity contribution in [2.45, 2.75) is 19.0 Å². The van der Waals surface area contributed by atoms with Gasteiger partial charge in [-0.1, -0.05) is 28.1 Å². The number of hydrogen-bond donors (Lipinski definition) is 2. The van der Waals surface area contributed by atoms with Crippen molar-refractivity contribution in [2.75, 3.05) is 39.3 Å². The number of guanidine groups is 1. The number of aliphatic imine (C=N–C) groups is 1. The maximum absolute atomic E-state index is 5.50. The summed E-state index contributed by atoms with van der Waals surface area (Å²) in [6.45, 7) is 2.51. The van der Waals surface area contributed by atoms with Crippen LogP contribution in [0.5, 0.6) is 11.5 Å². The predicted octanol–water partition coefficient (Wildman–Crippen LogP) is 4.03. The Balaban J connectivity index is 0.00000300. The number of hydrogen-bond acceptors (Lipinski definition) is 4. The molecule has 1 heterocycles. The number of rotatable bonds is 6. The van der Waals surface area contributed by atoms with Crippen LogP contribution in [0.4, 0.5) is 5.69 Å². The van der Waals surface area contributed by atoms with E-state index in [9.17, 15) is 0 Å². The molecule has 2 aromatic carbocycles. The number of nitrogens with one attached hydrogen (secondary N) is 2. The van der Waals surface area contributed by atoms with Gasteiger partial charge in [0.05, 0.1) is 19.9 Å². The molecule has 0 radical (unpaired) electrons. The summed E-state index contributed by atoms with van der Waals surface area (Å²) in [4.78, 5) is 6.72. The van der Waals surface area contributed by atoms with E-state index in [2.05, 4.69) is 48.6 Å². The fraction of sp³-hybridized carbons (Fsp3) is 0.381. The number of nitrogens with zero attached hydrogens (tertiary/aromatic N) is 2. The van der Waals surface area contributed by atoms with Gasteiger partial charge in [0.15, 0.2) is 5.96 Å². The van der Waals surface area contributed by atoms with Crippen LogP contribution in [0.2, 0.25) is 0 Å². The van der Waals surface area contributed by atoms with Crippen molar-refractivity contribution in [1.29, 1.82) is 0 Å². The van der Waals surface area contributed by atoms with Crippen molar-refractivity contribution in [3.63, 3.8) is 0 Å². The Bertz CT molecular complexity index is 834. The van der Waals surface area contributed by atoms with Gasteiger partial charge in [-0.3, -0.25) is 4.99 Å². The van der Waals surface area contributed by atoms with Crippen molar-refractivity contribution in [3.8, 4) is 11.5 Å². The van der Waals surface area contributed by atoms with E-state index in [-0.39, 0.29) is 24.0 Å². The first kappa shape index (κ1) is 23.6. The zero-order chi connectivity index (χ0) is 19.9. The molecule has 1 aliphatic heterocycles. The fourth-order valence-corrected chi connectivity index (χ4v) is 3.85. The molecule has 1 unspecified atom stereocenters. The molecule has 8 heteroatoms. The number of benzene rings is 2. The number of halogens is 2. The Morgan fingerprint density at radius 1 is 1.17 bits per heavy atom. The molecule has 0 aromatic heterocycles. The van der Waals surface area contributed by atoms with Crippen molar-refractivity contribution in [3.05, 3.63) is 52.5 Å². The van der Waals surface area contributed by atoms with E-state index < -0.39 is 0 Å². The lowest BCUT2D eigenvalue weighted by molar-refractivity contribution is 0.409. The first-order valence-electron chi connectivity index (χ1n) is 9.32. The Morgan fingerprint density at radius 2 is 1.93 bits per heavy atom. The molecule has 2 aromatic rings. The van der Waals surface area contributed by atoms with Gasteiger partial charge in [0, 0.05) is 42.8 Å². The number of anilines is 1. The molecule has 2 N–H and O–H groups in total. The highest BCUT2D eigenvalue weighted by Crippen LogP contribution is 2.30. The molecule has 0 amide bonds. The van der Waals surface area contributed by atoms with E-state index in [0.29, 0.717) is 12.6 Å². The summed E-state index contributed by atoms with van der Waals surface area (Å²) in [6.07, 6.45) is 1.04. The zero-order valence-electron chi connectivity index (χ0n) is 16.9. The van der Waals surface area contributed by atoms with Crippen LogP contribution < -0.4 is 25.0 Å². The minimum Gasteiger partial charge on any atom is -0.496 e. The van der Waals surface area contributed by atoms with Crippen LogP contribution in [0.3, 0.4) is 0 Å². The average molecular weight is 575 g/mol. The minimum atomic E-state index is 0. The standard InChI is InChI=1S/C21H27BrN4O2.HI/c1-23-21(24-13-15-12-16(22)8-9-19(15)27-2)25-17-10-11-26(14-17)18-6-4-5-7-20(18)28-3;/h4-9,12,17H,10-11,13-14H2,1-3H3,(H2,23,24,25);1H. The molecule has 1 atom stereocenters. The molecule has 0 spiro atoms. The lowest BCUT2D eigenvalue weighted by Gasteiger charge is -2.22. The maximum atomic E-state index is 5.50. The third-order valence-electron chi connectivity index (χ3n) is 4.87. The summed E-state index contributed by atoms with van der Waals surface area (Å²) in [5.41, 5.74) is 2.21. The quantitative estimate of drug-likeness (QED) is 0.310. The van der Waals surface area contributed by atoms with Crippen molar-refractivity contribution >= 4 is 51.6 Å². The third kappa shape index (κ3) is 6.15. The van der Waals surface area contributed by atoms with Gasteiger partial charge < -0.3 is 25.0 Å². The van der Waals surface area contributed by atoms with Crippen LogP contribution >= 0.6 is 39.9 Å². The molecule has 158 valence electrons. The first-order chi connectivity index (χ1) is 13.6. The fourth-order valence-electron chi connectivity index (χ4n) is 3.44. The number of ether oxygens (including phenoxy) is 2. The molecule has 1 aliphatic rings. The minimum absolute atomic E-state index is 0. The highest BCUT2D eigenvalue weighted by atomic mass is 127. The molecule has 1 fully saturated rings. The second-order valence-electron chi connectivity index (χ2n) is 6.63. The van der Waals surface area contributed by atoms with Crippen LogP contribution in [0, 0.1) is 0 Å². The number of para-hydroxylation sites is 2. The lowest BCUT2D eigenvalue weighted by atomic mass is 10.2. The average Bonchev–Trinajstić information content (AvgIpc) is 3.19. The van der Waals surface area contributed by atoms with E-state index in [1.807, 2.05) is 30.3 Å². The van der Waals surface area contributed by atoms with Gasteiger partial charge in [-0.05, 0) is 36.8 Å². The van der Waals surface area contributed by atoms with Crippen molar-refractivity contribution in [2.24, 2.45) is 4.99 Å². The van der Waals surface area contributed by atoms with Crippen LogP contribution in [0.1, 0.15) is 12.0 Å². The van der Waals surface area contributed by atoms with Gasteiger partial charge in [-0.15, -0.1) is 24.0 Å². The van der Waals surface area contributed by atoms with Gasteiger partial charge >= 0.3 is 0 Å². The highest BCUT2D eigenvalue weighted by Gasteiger charge is 2.25. The summed E-state index contributed by atoms with van der Waals surface area (Å²) < 4.78 is 12.0. The Kier molecular flexibility index (Phi) is 9.35. The molecule has 6 nitrogen and oxygen atoms in total. The zero-order valence-corrected chi connectivity index (χ0v) is 20.9. The van der Waals surface area contributed by atoms with Gasteiger partial charge in [-0.2, -0.15) is 0 Å². The molecule has 0 aliphatic carbocycles. The van der Waals surface area contributed by atoms with E-state index in [0.717, 1.165) is 52.7 Å². The summed E-state index contributed by atoms with van der Waals surface area (Å²) in [5, 5.41) is 6.92. The summed E-state index contributed by atoms with van der Waals surface area (Å²) in [7, 11) is 5.19. The Hall–Kier alpha value is -1.68. The van der Waals surface area contributed by atoms with Crippen LogP contribution in [-0.2, 0) is 6.54 Å². The van der Waals surface area contributed by atoms with Crippen LogP contribution in [-0.4, -0.2) is 46.4 Å². The summed E-state index contributed by atoms with van der Waals surface area (Å²) in [6, 6.07) is 14.5.